The monoisotopic (exact) mass is 431 g/mol. The van der Waals surface area contributed by atoms with Crippen molar-refractivity contribution in [1.29, 1.82) is 0 Å². The zero-order valence-electron chi connectivity index (χ0n) is 16.4. The number of halogens is 2. The molecule has 0 bridgehead atoms. The molecule has 2 aromatic rings. The Hall–Kier alpha value is -2.24. The number of carbonyl (C=O) groups excluding carboxylic acids is 2. The third-order valence-electron chi connectivity index (χ3n) is 5.74. The van der Waals surface area contributed by atoms with E-state index in [2.05, 4.69) is 4.90 Å². The summed E-state index contributed by atoms with van der Waals surface area (Å²) in [6.45, 7) is 5.30. The average molecular weight is 432 g/mol. The molecular formula is C22H23Cl2N3O2. The summed E-state index contributed by atoms with van der Waals surface area (Å²) in [6.07, 6.45) is 0. The summed E-state index contributed by atoms with van der Waals surface area (Å²) in [5, 5.41) is 1.29. The van der Waals surface area contributed by atoms with Crippen molar-refractivity contribution in [2.75, 3.05) is 24.5 Å². The van der Waals surface area contributed by atoms with Gasteiger partial charge in [0.25, 0.3) is 5.91 Å². The van der Waals surface area contributed by atoms with Crippen LogP contribution in [0, 0.1) is 0 Å². The van der Waals surface area contributed by atoms with Crippen molar-refractivity contribution in [1.82, 2.24) is 9.80 Å². The van der Waals surface area contributed by atoms with Gasteiger partial charge in [-0.3, -0.25) is 9.59 Å². The van der Waals surface area contributed by atoms with Crippen LogP contribution in [0.4, 0.5) is 5.69 Å². The Labute approximate surface area is 180 Å². The van der Waals surface area contributed by atoms with Crippen molar-refractivity contribution >= 4 is 40.7 Å². The number of rotatable bonds is 4. The van der Waals surface area contributed by atoms with E-state index in [1.807, 2.05) is 50.2 Å². The van der Waals surface area contributed by atoms with Crippen LogP contribution in [0.2, 0.25) is 10.0 Å². The number of nitrogens with zero attached hydrogens (tertiary/aromatic N) is 3. The Bertz CT molecular complexity index is 939. The fraction of sp³-hybridized carbons (Fsp3) is 0.364. The number of piperazine rings is 1. The maximum absolute atomic E-state index is 13.5. The smallest absolute Gasteiger partial charge is 0.252 e. The number of hydrogen-bond acceptors (Lipinski definition) is 3. The Morgan fingerprint density at radius 1 is 1.00 bits per heavy atom. The van der Waals surface area contributed by atoms with Gasteiger partial charge in [0.2, 0.25) is 5.91 Å². The summed E-state index contributed by atoms with van der Waals surface area (Å²) < 4.78 is 0. The lowest BCUT2D eigenvalue weighted by atomic mass is 9.82. The fourth-order valence-electron chi connectivity index (χ4n) is 4.10. The maximum atomic E-state index is 13.5. The minimum Gasteiger partial charge on any atom is -0.366 e. The first kappa shape index (κ1) is 20.0. The van der Waals surface area contributed by atoms with Crippen LogP contribution < -0.4 is 4.90 Å². The molecule has 5 nitrogen and oxygen atoms in total. The first-order chi connectivity index (χ1) is 13.8. The Kier molecular flexibility index (Phi) is 5.21. The predicted octanol–water partition coefficient (Wildman–Crippen LogP) is 3.83. The van der Waals surface area contributed by atoms with E-state index in [4.69, 9.17) is 23.2 Å². The average Bonchev–Trinajstić information content (AvgIpc) is 2.64. The van der Waals surface area contributed by atoms with Gasteiger partial charge >= 0.3 is 0 Å². The van der Waals surface area contributed by atoms with E-state index in [9.17, 15) is 9.59 Å². The first-order valence-corrected chi connectivity index (χ1v) is 10.4. The van der Waals surface area contributed by atoms with Gasteiger partial charge in [-0.05, 0) is 49.7 Å². The quantitative estimate of drug-likeness (QED) is 0.738. The van der Waals surface area contributed by atoms with E-state index < -0.39 is 5.54 Å². The minimum absolute atomic E-state index is 0.0133. The summed E-state index contributed by atoms with van der Waals surface area (Å²) in [4.78, 5) is 32.1. The van der Waals surface area contributed by atoms with Gasteiger partial charge in [-0.25, -0.2) is 0 Å². The molecule has 2 aromatic carbocycles. The molecular weight excluding hydrogens is 409 g/mol. The van der Waals surface area contributed by atoms with Crippen molar-refractivity contribution < 1.29 is 9.59 Å². The molecule has 2 saturated heterocycles. The van der Waals surface area contributed by atoms with Crippen LogP contribution in [0.1, 0.15) is 19.4 Å². The first-order valence-electron chi connectivity index (χ1n) is 9.67. The van der Waals surface area contributed by atoms with Gasteiger partial charge in [-0.15, -0.1) is 0 Å². The molecule has 152 valence electrons. The van der Waals surface area contributed by atoms with E-state index in [1.54, 1.807) is 21.9 Å². The number of anilines is 1. The normalized spacial score (nSPS) is 18.6. The molecule has 0 radical (unpaired) electrons. The largest absolute Gasteiger partial charge is 0.366 e. The zero-order chi connectivity index (χ0) is 20.8. The molecule has 0 aliphatic carbocycles. The molecule has 0 atom stereocenters. The van der Waals surface area contributed by atoms with Crippen LogP contribution in [0.25, 0.3) is 0 Å². The highest BCUT2D eigenvalue weighted by molar-refractivity contribution is 6.31. The predicted molar refractivity (Wildman–Crippen MR) is 115 cm³/mol. The lowest BCUT2D eigenvalue weighted by Gasteiger charge is -2.59. The van der Waals surface area contributed by atoms with Crippen molar-refractivity contribution in [3.8, 4) is 0 Å². The SMILES string of the molecule is CC(C)N1CC(=O)N(Cc2ccc(Cl)cc2)C2(CN(c3cccc(Cl)c3)C2)C1=O. The Morgan fingerprint density at radius 2 is 1.69 bits per heavy atom. The van der Waals surface area contributed by atoms with Gasteiger partial charge in [0.05, 0.1) is 13.1 Å². The summed E-state index contributed by atoms with van der Waals surface area (Å²) in [7, 11) is 0. The lowest BCUT2D eigenvalue weighted by Crippen LogP contribution is -2.81. The molecule has 0 saturated carbocycles. The minimum atomic E-state index is -0.860. The molecule has 2 fully saturated rings. The molecule has 1 spiro atoms. The maximum Gasteiger partial charge on any atom is 0.252 e. The molecule has 0 unspecified atom stereocenters. The van der Waals surface area contributed by atoms with E-state index in [0.29, 0.717) is 29.7 Å². The number of hydrogen-bond donors (Lipinski definition) is 0. The molecule has 0 N–H and O–H groups in total. The van der Waals surface area contributed by atoms with Gasteiger partial charge in [-0.2, -0.15) is 0 Å². The van der Waals surface area contributed by atoms with Crippen LogP contribution in [-0.2, 0) is 16.1 Å². The molecule has 2 aliphatic heterocycles. The third kappa shape index (κ3) is 3.58. The number of carbonyl (C=O) groups is 2. The lowest BCUT2D eigenvalue weighted by molar-refractivity contribution is -0.170. The molecule has 2 aliphatic rings. The highest BCUT2D eigenvalue weighted by Gasteiger charge is 2.59. The fourth-order valence-corrected chi connectivity index (χ4v) is 4.41. The van der Waals surface area contributed by atoms with Crippen LogP contribution in [-0.4, -0.2) is 52.8 Å². The van der Waals surface area contributed by atoms with Crippen LogP contribution in [0.15, 0.2) is 48.5 Å². The van der Waals surface area contributed by atoms with E-state index >= 15 is 0 Å². The summed E-state index contributed by atoms with van der Waals surface area (Å²) in [6, 6.07) is 14.9. The van der Waals surface area contributed by atoms with Crippen LogP contribution in [0.5, 0.6) is 0 Å². The second kappa shape index (κ2) is 7.54. The van der Waals surface area contributed by atoms with E-state index in [0.717, 1.165) is 11.3 Å². The topological polar surface area (TPSA) is 43.9 Å². The molecule has 4 rings (SSSR count). The van der Waals surface area contributed by atoms with Gasteiger partial charge < -0.3 is 14.7 Å². The summed E-state index contributed by atoms with van der Waals surface area (Å²) in [5.41, 5.74) is 1.05. The van der Waals surface area contributed by atoms with Gasteiger partial charge in [-0.1, -0.05) is 41.4 Å². The highest BCUT2D eigenvalue weighted by Crippen LogP contribution is 2.38. The molecule has 0 aromatic heterocycles. The third-order valence-corrected chi connectivity index (χ3v) is 6.22. The standard InChI is InChI=1S/C22H23Cl2N3O2/c1-15(2)26-12-20(28)27(11-16-6-8-17(23)9-7-16)22(21(26)29)13-25(14-22)19-5-3-4-18(24)10-19/h3-10,15H,11-14H2,1-2H3. The van der Waals surface area contributed by atoms with Crippen molar-refractivity contribution in [3.05, 3.63) is 64.1 Å². The van der Waals surface area contributed by atoms with Gasteiger partial charge in [0.1, 0.15) is 6.54 Å². The molecule has 2 heterocycles. The molecule has 29 heavy (non-hydrogen) atoms. The second-order valence-electron chi connectivity index (χ2n) is 8.00. The number of amides is 2. The number of benzene rings is 2. The molecule has 7 heteroatoms. The Morgan fingerprint density at radius 3 is 2.31 bits per heavy atom. The summed E-state index contributed by atoms with van der Waals surface area (Å²) >= 11 is 12.1. The van der Waals surface area contributed by atoms with Crippen molar-refractivity contribution in [2.24, 2.45) is 0 Å². The van der Waals surface area contributed by atoms with Gasteiger partial charge in [0.15, 0.2) is 5.54 Å². The van der Waals surface area contributed by atoms with E-state index in [-0.39, 0.29) is 24.4 Å². The van der Waals surface area contributed by atoms with Crippen molar-refractivity contribution in [3.63, 3.8) is 0 Å². The van der Waals surface area contributed by atoms with Crippen molar-refractivity contribution in [2.45, 2.75) is 32.0 Å². The summed E-state index contributed by atoms with van der Waals surface area (Å²) in [5.74, 6) is -0.0154. The van der Waals surface area contributed by atoms with Crippen LogP contribution in [0.3, 0.4) is 0 Å². The molecule has 2 amide bonds. The Balaban J connectivity index is 1.64. The zero-order valence-corrected chi connectivity index (χ0v) is 18.0. The van der Waals surface area contributed by atoms with Gasteiger partial charge in [0, 0.05) is 28.3 Å². The highest BCUT2D eigenvalue weighted by atomic mass is 35.5. The van der Waals surface area contributed by atoms with E-state index in [1.165, 1.54) is 0 Å². The second-order valence-corrected chi connectivity index (χ2v) is 8.87. The van der Waals surface area contributed by atoms with Crippen LogP contribution >= 0.6 is 23.2 Å².